The highest BCUT2D eigenvalue weighted by molar-refractivity contribution is 6.20. The zero-order valence-electron chi connectivity index (χ0n) is 9.00. The van der Waals surface area contributed by atoms with Crippen molar-refractivity contribution in [3.05, 3.63) is 17.6 Å². The number of rotatable bonds is 3. The van der Waals surface area contributed by atoms with Gasteiger partial charge in [0.1, 0.15) is 5.82 Å². The molecule has 1 aromatic rings. The predicted molar refractivity (Wildman–Crippen MR) is 59.9 cm³/mol. The minimum atomic E-state index is 0.0664. The number of alkyl halides is 1. The number of nitrogens with one attached hydrogen (secondary N) is 1. The molecular formula is C10H16ClN3. The van der Waals surface area contributed by atoms with Crippen LogP contribution in [0.25, 0.3) is 0 Å². The Morgan fingerprint density at radius 2 is 2.00 bits per heavy atom. The maximum Gasteiger partial charge on any atom is 0.148 e. The number of nitrogens with zero attached hydrogens (tertiary/aromatic N) is 2. The molecule has 2 unspecified atom stereocenters. The van der Waals surface area contributed by atoms with E-state index in [1.807, 2.05) is 27.7 Å². The maximum atomic E-state index is 5.96. The van der Waals surface area contributed by atoms with Gasteiger partial charge in [0.15, 0.2) is 0 Å². The van der Waals surface area contributed by atoms with E-state index in [-0.39, 0.29) is 11.4 Å². The third-order valence-corrected chi connectivity index (χ3v) is 2.51. The Morgan fingerprint density at radius 3 is 2.57 bits per heavy atom. The summed E-state index contributed by atoms with van der Waals surface area (Å²) in [5.41, 5.74) is 1.81. The summed E-state index contributed by atoms with van der Waals surface area (Å²) in [6.45, 7) is 7.84. The van der Waals surface area contributed by atoms with Crippen LogP contribution in [0.1, 0.15) is 25.2 Å². The molecule has 0 aliphatic rings. The van der Waals surface area contributed by atoms with Gasteiger partial charge in [-0.15, -0.1) is 11.6 Å². The smallest absolute Gasteiger partial charge is 0.148 e. The van der Waals surface area contributed by atoms with E-state index in [9.17, 15) is 0 Å². The van der Waals surface area contributed by atoms with Crippen molar-refractivity contribution in [2.45, 2.75) is 39.1 Å². The second-order valence-corrected chi connectivity index (χ2v) is 4.24. The number of halogens is 1. The predicted octanol–water partition coefficient (Wildman–Crippen LogP) is 2.52. The van der Waals surface area contributed by atoms with E-state index in [0.717, 1.165) is 17.2 Å². The van der Waals surface area contributed by atoms with Crippen molar-refractivity contribution in [2.75, 3.05) is 5.32 Å². The molecule has 4 heteroatoms. The lowest BCUT2D eigenvalue weighted by molar-refractivity contribution is 0.763. The summed E-state index contributed by atoms with van der Waals surface area (Å²) >= 11 is 5.96. The highest BCUT2D eigenvalue weighted by Crippen LogP contribution is 2.13. The quantitative estimate of drug-likeness (QED) is 0.785. The van der Waals surface area contributed by atoms with Gasteiger partial charge >= 0.3 is 0 Å². The van der Waals surface area contributed by atoms with Crippen molar-refractivity contribution in [3.8, 4) is 0 Å². The van der Waals surface area contributed by atoms with Gasteiger partial charge in [-0.2, -0.15) is 0 Å². The number of anilines is 1. The Kier molecular flexibility index (Phi) is 3.69. The molecule has 1 heterocycles. The fraction of sp³-hybridized carbons (Fsp3) is 0.600. The zero-order chi connectivity index (χ0) is 10.7. The maximum absolute atomic E-state index is 5.96. The highest BCUT2D eigenvalue weighted by Gasteiger charge is 2.11. The van der Waals surface area contributed by atoms with Gasteiger partial charge in [0.05, 0.1) is 16.8 Å². The van der Waals surface area contributed by atoms with Crippen molar-refractivity contribution < 1.29 is 0 Å². The molecule has 0 aliphatic heterocycles. The average molecular weight is 214 g/mol. The fourth-order valence-corrected chi connectivity index (χ4v) is 1.07. The lowest BCUT2D eigenvalue weighted by Gasteiger charge is -2.17. The van der Waals surface area contributed by atoms with Gasteiger partial charge < -0.3 is 5.32 Å². The number of aryl methyl sites for hydroxylation is 2. The van der Waals surface area contributed by atoms with Crippen LogP contribution >= 0.6 is 11.6 Å². The van der Waals surface area contributed by atoms with Crippen LogP contribution in [0.15, 0.2) is 6.20 Å². The van der Waals surface area contributed by atoms with Crippen LogP contribution in [0.4, 0.5) is 5.82 Å². The van der Waals surface area contributed by atoms with E-state index in [1.165, 1.54) is 0 Å². The third kappa shape index (κ3) is 2.84. The first-order valence-electron chi connectivity index (χ1n) is 4.71. The second-order valence-electron chi connectivity index (χ2n) is 3.56. The van der Waals surface area contributed by atoms with E-state index in [1.54, 1.807) is 6.20 Å². The normalized spacial score (nSPS) is 14.9. The first-order chi connectivity index (χ1) is 6.50. The first kappa shape index (κ1) is 11.2. The van der Waals surface area contributed by atoms with E-state index in [2.05, 4.69) is 15.3 Å². The van der Waals surface area contributed by atoms with Crippen molar-refractivity contribution in [3.63, 3.8) is 0 Å². The molecule has 1 aromatic heterocycles. The first-order valence-corrected chi connectivity index (χ1v) is 5.15. The Bertz CT molecular complexity index is 312. The lowest BCUT2D eigenvalue weighted by Crippen LogP contribution is -2.25. The molecule has 0 amide bonds. The van der Waals surface area contributed by atoms with Gasteiger partial charge in [-0.05, 0) is 27.7 Å². The molecule has 0 saturated carbocycles. The zero-order valence-corrected chi connectivity index (χ0v) is 9.76. The van der Waals surface area contributed by atoms with Gasteiger partial charge in [-0.3, -0.25) is 4.98 Å². The minimum Gasteiger partial charge on any atom is -0.365 e. The Balaban J connectivity index is 2.80. The molecule has 0 spiro atoms. The van der Waals surface area contributed by atoms with Crippen molar-refractivity contribution >= 4 is 17.4 Å². The summed E-state index contributed by atoms with van der Waals surface area (Å²) in [5, 5.41) is 3.31. The molecule has 0 fully saturated rings. The largest absolute Gasteiger partial charge is 0.365 e. The highest BCUT2D eigenvalue weighted by atomic mass is 35.5. The molecule has 0 aromatic carbocycles. The third-order valence-electron chi connectivity index (χ3n) is 2.13. The molecule has 14 heavy (non-hydrogen) atoms. The Labute approximate surface area is 89.9 Å². The van der Waals surface area contributed by atoms with Crippen molar-refractivity contribution in [1.29, 1.82) is 0 Å². The molecule has 0 bridgehead atoms. The molecule has 1 rings (SSSR count). The van der Waals surface area contributed by atoms with Gasteiger partial charge in [0.2, 0.25) is 0 Å². The lowest BCUT2D eigenvalue weighted by atomic mass is 10.2. The van der Waals surface area contributed by atoms with Crippen LogP contribution in [0, 0.1) is 13.8 Å². The summed E-state index contributed by atoms with van der Waals surface area (Å²) in [7, 11) is 0. The van der Waals surface area contributed by atoms with Crippen LogP contribution in [0.3, 0.4) is 0 Å². The van der Waals surface area contributed by atoms with Crippen LogP contribution in [0.5, 0.6) is 0 Å². The topological polar surface area (TPSA) is 37.8 Å². The molecule has 0 radical (unpaired) electrons. The molecule has 2 atom stereocenters. The van der Waals surface area contributed by atoms with E-state index in [0.29, 0.717) is 0 Å². The summed E-state index contributed by atoms with van der Waals surface area (Å²) in [6, 6.07) is 0.187. The summed E-state index contributed by atoms with van der Waals surface area (Å²) in [4.78, 5) is 8.59. The molecule has 78 valence electrons. The summed E-state index contributed by atoms with van der Waals surface area (Å²) in [6.07, 6.45) is 1.76. The monoisotopic (exact) mass is 213 g/mol. The van der Waals surface area contributed by atoms with Gasteiger partial charge in [-0.1, -0.05) is 0 Å². The van der Waals surface area contributed by atoms with Crippen molar-refractivity contribution in [1.82, 2.24) is 9.97 Å². The van der Waals surface area contributed by atoms with E-state index in [4.69, 9.17) is 11.6 Å². The molecular weight excluding hydrogens is 198 g/mol. The number of hydrogen-bond acceptors (Lipinski definition) is 3. The van der Waals surface area contributed by atoms with E-state index < -0.39 is 0 Å². The number of hydrogen-bond donors (Lipinski definition) is 1. The van der Waals surface area contributed by atoms with Crippen molar-refractivity contribution in [2.24, 2.45) is 0 Å². The molecule has 1 N–H and O–H groups in total. The summed E-state index contributed by atoms with van der Waals surface area (Å²) in [5.74, 6) is 0.824. The van der Waals surface area contributed by atoms with Gasteiger partial charge in [0.25, 0.3) is 0 Å². The standard InChI is InChI=1S/C10H16ClN3/c1-6-5-12-9(4)10(13-6)14-8(3)7(2)11/h5,7-8H,1-4H3,(H,13,14). The van der Waals surface area contributed by atoms with Crippen LogP contribution in [0.2, 0.25) is 0 Å². The molecule has 0 aliphatic carbocycles. The van der Waals surface area contributed by atoms with Gasteiger partial charge in [-0.25, -0.2) is 4.98 Å². The Hall–Kier alpha value is -0.830. The molecule has 0 saturated heterocycles. The van der Waals surface area contributed by atoms with Crippen LogP contribution < -0.4 is 5.32 Å². The van der Waals surface area contributed by atoms with Crippen LogP contribution in [-0.4, -0.2) is 21.4 Å². The number of aromatic nitrogens is 2. The fourth-order valence-electron chi connectivity index (χ4n) is 1.00. The second kappa shape index (κ2) is 4.60. The summed E-state index contributed by atoms with van der Waals surface area (Å²) < 4.78 is 0. The average Bonchev–Trinajstić information content (AvgIpc) is 2.11. The van der Waals surface area contributed by atoms with Crippen LogP contribution in [-0.2, 0) is 0 Å². The Morgan fingerprint density at radius 1 is 1.36 bits per heavy atom. The minimum absolute atomic E-state index is 0.0664. The van der Waals surface area contributed by atoms with Gasteiger partial charge in [0, 0.05) is 12.2 Å². The SMILES string of the molecule is Cc1cnc(C)c(NC(C)C(C)Cl)n1. The molecule has 3 nitrogen and oxygen atoms in total. The van der Waals surface area contributed by atoms with E-state index >= 15 is 0 Å².